The number of hydrogen-bond donors (Lipinski definition) is 1. The molecule has 0 aliphatic carbocycles. The Kier molecular flexibility index (Phi) is 8.60. The van der Waals surface area contributed by atoms with E-state index in [9.17, 15) is 14.9 Å². The van der Waals surface area contributed by atoms with Crippen LogP contribution in [0.25, 0.3) is 0 Å². The van der Waals surface area contributed by atoms with Gasteiger partial charge in [0.1, 0.15) is 18.7 Å². The van der Waals surface area contributed by atoms with Crippen LogP contribution in [0.5, 0.6) is 0 Å². The van der Waals surface area contributed by atoms with Crippen molar-refractivity contribution in [2.75, 3.05) is 19.2 Å². The van der Waals surface area contributed by atoms with Crippen molar-refractivity contribution >= 4 is 41.5 Å². The van der Waals surface area contributed by atoms with E-state index in [-0.39, 0.29) is 18.3 Å². The molecule has 26 heavy (non-hydrogen) atoms. The molecule has 0 aliphatic heterocycles. The van der Waals surface area contributed by atoms with Crippen molar-refractivity contribution in [2.45, 2.75) is 44.9 Å². The van der Waals surface area contributed by atoms with Crippen LogP contribution in [-0.4, -0.2) is 50.2 Å². The summed E-state index contributed by atoms with van der Waals surface area (Å²) in [5.41, 5.74) is 0.244. The number of ether oxygens (including phenoxy) is 3. The fraction of sp³-hybridized carbons (Fsp3) is 0.600. The zero-order valence-electron chi connectivity index (χ0n) is 15.4. The lowest BCUT2D eigenvalue weighted by Gasteiger charge is -2.26. The molecule has 1 aromatic heterocycles. The first-order valence-corrected chi connectivity index (χ1v) is 12.4. The van der Waals surface area contributed by atoms with E-state index in [1.54, 1.807) is 13.0 Å². The van der Waals surface area contributed by atoms with Crippen LogP contribution < -0.4 is 5.32 Å². The molecule has 0 fully saturated rings. The maximum atomic E-state index is 11.4. The summed E-state index contributed by atoms with van der Waals surface area (Å²) in [6.45, 7) is 7.84. The number of aromatic nitrogens is 1. The minimum Gasteiger partial charge on any atom is -0.467 e. The summed E-state index contributed by atoms with van der Waals surface area (Å²) in [5, 5.41) is 14.2. The zero-order valence-corrected chi connectivity index (χ0v) is 18.0. The minimum atomic E-state index is -1.57. The lowest BCUT2D eigenvalue weighted by atomic mass is 10.3. The van der Waals surface area contributed by atoms with Crippen molar-refractivity contribution in [1.82, 2.24) is 4.98 Å². The highest BCUT2D eigenvalue weighted by molar-refractivity contribution is 9.10. The van der Waals surface area contributed by atoms with Gasteiger partial charge >= 0.3 is 11.8 Å². The zero-order chi connectivity index (χ0) is 19.9. The van der Waals surface area contributed by atoms with E-state index >= 15 is 0 Å². The van der Waals surface area contributed by atoms with E-state index in [0.717, 1.165) is 0 Å². The first kappa shape index (κ1) is 22.5. The number of nitro groups is 1. The number of esters is 1. The SMILES string of the molecule is COC(=O)C(C)OCOC(C[Si](C)(C)C)Nc1cc(Br)cnc1[N+](=O)[O-]. The molecule has 0 radical (unpaired) electrons. The number of halogens is 1. The molecule has 0 saturated heterocycles. The van der Waals surface area contributed by atoms with Gasteiger partial charge in [-0.25, -0.2) is 4.79 Å². The van der Waals surface area contributed by atoms with Crippen LogP contribution >= 0.6 is 15.9 Å². The Labute approximate surface area is 161 Å². The lowest BCUT2D eigenvalue weighted by Crippen LogP contribution is -2.35. The maximum Gasteiger partial charge on any atom is 0.387 e. The van der Waals surface area contributed by atoms with E-state index in [4.69, 9.17) is 9.47 Å². The highest BCUT2D eigenvalue weighted by Gasteiger charge is 2.25. The number of carbonyl (C=O) groups is 1. The number of pyridine rings is 1. The largest absolute Gasteiger partial charge is 0.467 e. The van der Waals surface area contributed by atoms with Crippen LogP contribution in [0, 0.1) is 10.1 Å². The molecule has 11 heteroatoms. The second-order valence-corrected chi connectivity index (χ2v) is 13.2. The third-order valence-corrected chi connectivity index (χ3v) is 5.27. The highest BCUT2D eigenvalue weighted by Crippen LogP contribution is 2.27. The Morgan fingerprint density at radius 3 is 2.62 bits per heavy atom. The Hall–Kier alpha value is -1.56. The molecule has 0 aliphatic rings. The van der Waals surface area contributed by atoms with Crippen LogP contribution in [0.2, 0.25) is 25.7 Å². The van der Waals surface area contributed by atoms with Crippen molar-refractivity contribution < 1.29 is 23.9 Å². The molecule has 1 heterocycles. The number of nitrogens with one attached hydrogen (secondary N) is 1. The van der Waals surface area contributed by atoms with Crippen molar-refractivity contribution in [3.63, 3.8) is 0 Å². The van der Waals surface area contributed by atoms with Crippen LogP contribution in [0.15, 0.2) is 16.7 Å². The number of methoxy groups -OCH3 is 1. The van der Waals surface area contributed by atoms with Gasteiger partial charge in [0.2, 0.25) is 0 Å². The molecule has 0 saturated carbocycles. The monoisotopic (exact) mass is 449 g/mol. The molecule has 2 unspecified atom stereocenters. The molecule has 0 spiro atoms. The van der Waals surface area contributed by atoms with E-state index in [0.29, 0.717) is 10.5 Å². The molecular formula is C15H24BrN3O6Si. The van der Waals surface area contributed by atoms with Crippen LogP contribution in [-0.2, 0) is 19.0 Å². The van der Waals surface area contributed by atoms with Gasteiger partial charge in [-0.15, -0.1) is 0 Å². The van der Waals surface area contributed by atoms with Gasteiger partial charge in [0.25, 0.3) is 0 Å². The standard InChI is InChI=1S/C15H24BrN3O6Si/c1-10(15(20)23-2)24-9-25-13(8-26(3,4)5)18-12-6-11(16)7-17-14(12)19(21)22/h6-7,10,13,18H,8-9H2,1-5H3. The smallest absolute Gasteiger partial charge is 0.387 e. The first-order valence-electron chi connectivity index (χ1n) is 7.91. The average Bonchev–Trinajstić information content (AvgIpc) is 2.52. The van der Waals surface area contributed by atoms with E-state index in [1.165, 1.54) is 13.3 Å². The molecule has 0 amide bonds. The Balaban J connectivity index is 2.86. The summed E-state index contributed by atoms with van der Waals surface area (Å²) in [5.74, 6) is -0.795. The number of anilines is 1. The molecule has 1 aromatic rings. The van der Waals surface area contributed by atoms with Crippen molar-refractivity contribution in [3.05, 3.63) is 26.9 Å². The second kappa shape index (κ2) is 9.95. The quantitative estimate of drug-likeness (QED) is 0.190. The van der Waals surface area contributed by atoms with Gasteiger partial charge in [0.05, 0.1) is 11.6 Å². The normalized spacial score (nSPS) is 13.8. The van der Waals surface area contributed by atoms with Crippen LogP contribution in [0.3, 0.4) is 0 Å². The fourth-order valence-corrected chi connectivity index (χ4v) is 3.69. The topological polar surface area (TPSA) is 113 Å². The summed E-state index contributed by atoms with van der Waals surface area (Å²) in [7, 11) is -0.299. The highest BCUT2D eigenvalue weighted by atomic mass is 79.9. The van der Waals surface area contributed by atoms with Gasteiger partial charge < -0.3 is 29.6 Å². The number of rotatable bonds is 10. The van der Waals surface area contributed by atoms with Gasteiger partial charge in [-0.2, -0.15) is 0 Å². The first-order chi connectivity index (χ1) is 12.0. The van der Waals surface area contributed by atoms with Gasteiger partial charge in [0.15, 0.2) is 12.3 Å². The molecule has 9 nitrogen and oxygen atoms in total. The molecule has 0 aromatic carbocycles. The summed E-state index contributed by atoms with van der Waals surface area (Å²) in [4.78, 5) is 25.8. The maximum absolute atomic E-state index is 11.4. The van der Waals surface area contributed by atoms with Crippen LogP contribution in [0.4, 0.5) is 11.5 Å². The molecule has 1 rings (SSSR count). The Morgan fingerprint density at radius 2 is 2.08 bits per heavy atom. The summed E-state index contributed by atoms with van der Waals surface area (Å²) < 4.78 is 16.2. The second-order valence-electron chi connectivity index (χ2n) is 6.80. The number of carbonyl (C=O) groups excluding carboxylic acids is 1. The predicted molar refractivity (Wildman–Crippen MR) is 103 cm³/mol. The van der Waals surface area contributed by atoms with E-state index in [2.05, 4.69) is 50.6 Å². The minimum absolute atomic E-state index is 0.159. The Bertz CT molecular complexity index is 640. The molecule has 0 bridgehead atoms. The lowest BCUT2D eigenvalue weighted by molar-refractivity contribution is -0.388. The third-order valence-electron chi connectivity index (χ3n) is 3.24. The third kappa shape index (κ3) is 7.77. The summed E-state index contributed by atoms with van der Waals surface area (Å²) >= 11 is 3.26. The van der Waals surface area contributed by atoms with Gasteiger partial charge in [-0.1, -0.05) is 19.6 Å². The van der Waals surface area contributed by atoms with E-state index in [1.807, 2.05) is 0 Å². The van der Waals surface area contributed by atoms with Gasteiger partial charge in [-0.3, -0.25) is 0 Å². The number of hydrogen-bond acceptors (Lipinski definition) is 8. The number of nitrogens with zero attached hydrogens (tertiary/aromatic N) is 2. The molecule has 146 valence electrons. The summed E-state index contributed by atoms with van der Waals surface area (Å²) in [6.07, 6.45) is 0.0643. The van der Waals surface area contributed by atoms with Crippen LogP contribution in [0.1, 0.15) is 6.92 Å². The van der Waals surface area contributed by atoms with E-state index < -0.39 is 31.3 Å². The van der Waals surface area contributed by atoms with Crippen molar-refractivity contribution in [1.29, 1.82) is 0 Å². The molecule has 1 N–H and O–H groups in total. The Morgan fingerprint density at radius 1 is 1.42 bits per heavy atom. The molecule has 2 atom stereocenters. The predicted octanol–water partition coefficient (Wildman–Crippen LogP) is 3.38. The van der Waals surface area contributed by atoms with Crippen molar-refractivity contribution in [2.24, 2.45) is 0 Å². The molecular weight excluding hydrogens is 426 g/mol. The summed E-state index contributed by atoms with van der Waals surface area (Å²) in [6, 6.07) is 2.25. The fourth-order valence-electron chi connectivity index (χ4n) is 2.02. The van der Waals surface area contributed by atoms with Gasteiger partial charge in [-0.05, 0) is 44.9 Å². The van der Waals surface area contributed by atoms with Crippen molar-refractivity contribution in [3.8, 4) is 0 Å². The average molecular weight is 450 g/mol. The van der Waals surface area contributed by atoms with Gasteiger partial charge in [0, 0.05) is 8.07 Å².